The fraction of sp³-hybridized carbons (Fsp3) is 0.200. The van der Waals surface area contributed by atoms with E-state index >= 15 is 0 Å². The molecule has 0 N–H and O–H groups in total. The summed E-state index contributed by atoms with van der Waals surface area (Å²) in [4.78, 5) is 31.8. The van der Waals surface area contributed by atoms with Gasteiger partial charge in [0, 0.05) is 49.3 Å². The first-order valence-corrected chi connectivity index (χ1v) is 8.88. The second-order valence-electron chi connectivity index (χ2n) is 6.56. The van der Waals surface area contributed by atoms with Crippen molar-refractivity contribution in [3.05, 3.63) is 83.5 Å². The Balaban J connectivity index is 1.68. The molecule has 28 heavy (non-hydrogen) atoms. The third kappa shape index (κ3) is 3.71. The Bertz CT molecular complexity index is 1070. The Morgan fingerprint density at radius 1 is 1.00 bits per heavy atom. The number of amides is 1. The van der Waals surface area contributed by atoms with E-state index in [1.165, 1.54) is 0 Å². The van der Waals surface area contributed by atoms with Gasteiger partial charge in [0.25, 0.3) is 11.7 Å². The fourth-order valence-corrected chi connectivity index (χ4v) is 3.02. The number of aromatic nitrogens is 6. The first-order valence-electron chi connectivity index (χ1n) is 8.88. The lowest BCUT2D eigenvalue weighted by atomic mass is 10.2. The van der Waals surface area contributed by atoms with Crippen LogP contribution < -0.4 is 0 Å². The Kier molecular flexibility index (Phi) is 4.76. The van der Waals surface area contributed by atoms with Crippen LogP contribution in [0.15, 0.2) is 55.1 Å². The van der Waals surface area contributed by atoms with Crippen molar-refractivity contribution in [2.24, 2.45) is 0 Å². The number of fused-ring (bicyclic) bond motifs is 1. The first kappa shape index (κ1) is 17.7. The number of pyridine rings is 2. The standard InChI is InChI=1S/C20H19N7O/c1-14-10-15(2)27-20(23-14)24-18(25-27)19(28)26(12-16-5-8-21-9-6-16)13-17-4-3-7-22-11-17/h3-11H,12-13H2,1-2H3. The molecular weight excluding hydrogens is 354 g/mol. The molecule has 140 valence electrons. The van der Waals surface area contributed by atoms with Crippen LogP contribution in [0.25, 0.3) is 5.78 Å². The zero-order chi connectivity index (χ0) is 19.5. The molecule has 0 fully saturated rings. The fourth-order valence-electron chi connectivity index (χ4n) is 3.02. The van der Waals surface area contributed by atoms with Crippen molar-refractivity contribution < 1.29 is 4.79 Å². The normalized spacial score (nSPS) is 10.9. The van der Waals surface area contributed by atoms with Gasteiger partial charge in [-0.1, -0.05) is 6.07 Å². The lowest BCUT2D eigenvalue weighted by Crippen LogP contribution is -2.31. The van der Waals surface area contributed by atoms with Crippen LogP contribution in [0.1, 0.15) is 33.1 Å². The molecule has 0 aliphatic rings. The van der Waals surface area contributed by atoms with E-state index in [0.717, 1.165) is 22.5 Å². The second kappa shape index (κ2) is 7.51. The van der Waals surface area contributed by atoms with Gasteiger partial charge in [0.05, 0.1) is 0 Å². The number of hydrogen-bond acceptors (Lipinski definition) is 6. The number of carbonyl (C=O) groups is 1. The highest BCUT2D eigenvalue weighted by Gasteiger charge is 2.22. The SMILES string of the molecule is Cc1cc(C)n2nc(C(=O)N(Cc3ccncc3)Cc3cccnc3)nc2n1. The first-order chi connectivity index (χ1) is 13.6. The van der Waals surface area contributed by atoms with Crippen molar-refractivity contribution in [2.45, 2.75) is 26.9 Å². The smallest absolute Gasteiger partial charge is 0.294 e. The van der Waals surface area contributed by atoms with Gasteiger partial charge in [0.1, 0.15) is 0 Å². The minimum absolute atomic E-state index is 0.124. The van der Waals surface area contributed by atoms with E-state index in [0.29, 0.717) is 18.9 Å². The van der Waals surface area contributed by atoms with Gasteiger partial charge < -0.3 is 4.90 Å². The molecule has 0 saturated carbocycles. The lowest BCUT2D eigenvalue weighted by molar-refractivity contribution is 0.0717. The molecule has 0 atom stereocenters. The molecule has 0 radical (unpaired) electrons. The number of aryl methyl sites for hydroxylation is 2. The number of nitrogens with zero attached hydrogens (tertiary/aromatic N) is 7. The number of hydrogen-bond donors (Lipinski definition) is 0. The number of rotatable bonds is 5. The quantitative estimate of drug-likeness (QED) is 0.534. The molecule has 4 aromatic rings. The third-order valence-corrected chi connectivity index (χ3v) is 4.32. The van der Waals surface area contributed by atoms with Crippen LogP contribution in [-0.4, -0.2) is 40.4 Å². The second-order valence-corrected chi connectivity index (χ2v) is 6.56. The van der Waals surface area contributed by atoms with Crippen molar-refractivity contribution in [3.63, 3.8) is 0 Å². The van der Waals surface area contributed by atoms with E-state index in [9.17, 15) is 4.79 Å². The van der Waals surface area contributed by atoms with Crippen LogP contribution in [0.5, 0.6) is 0 Å². The molecule has 0 spiro atoms. The van der Waals surface area contributed by atoms with E-state index in [4.69, 9.17) is 0 Å². The summed E-state index contributed by atoms with van der Waals surface area (Å²) in [5.41, 5.74) is 3.61. The lowest BCUT2D eigenvalue weighted by Gasteiger charge is -2.21. The predicted octanol–water partition coefficient (Wildman–Crippen LogP) is 2.37. The van der Waals surface area contributed by atoms with E-state index in [2.05, 4.69) is 25.0 Å². The summed E-state index contributed by atoms with van der Waals surface area (Å²) >= 11 is 0. The Hall–Kier alpha value is -3.68. The van der Waals surface area contributed by atoms with E-state index in [1.54, 1.807) is 34.2 Å². The van der Waals surface area contributed by atoms with Crippen molar-refractivity contribution in [1.29, 1.82) is 0 Å². The summed E-state index contributed by atoms with van der Waals surface area (Å²) in [7, 11) is 0. The van der Waals surface area contributed by atoms with Gasteiger partial charge in [-0.2, -0.15) is 4.98 Å². The molecule has 0 bridgehead atoms. The van der Waals surface area contributed by atoms with Crippen LogP contribution in [0.3, 0.4) is 0 Å². The zero-order valence-electron chi connectivity index (χ0n) is 15.6. The van der Waals surface area contributed by atoms with Crippen molar-refractivity contribution in [3.8, 4) is 0 Å². The summed E-state index contributed by atoms with van der Waals surface area (Å²) in [5.74, 6) is 0.286. The highest BCUT2D eigenvalue weighted by Crippen LogP contribution is 2.13. The topological polar surface area (TPSA) is 89.2 Å². The van der Waals surface area contributed by atoms with Gasteiger partial charge >= 0.3 is 0 Å². The molecule has 4 rings (SSSR count). The molecule has 0 aliphatic heterocycles. The van der Waals surface area contributed by atoms with Gasteiger partial charge in [0.15, 0.2) is 0 Å². The third-order valence-electron chi connectivity index (χ3n) is 4.32. The Morgan fingerprint density at radius 2 is 1.79 bits per heavy atom. The molecule has 0 aromatic carbocycles. The Labute approximate surface area is 161 Å². The van der Waals surface area contributed by atoms with Crippen molar-refractivity contribution >= 4 is 11.7 Å². The van der Waals surface area contributed by atoms with Crippen LogP contribution in [0.2, 0.25) is 0 Å². The van der Waals surface area contributed by atoms with Crippen LogP contribution in [0.4, 0.5) is 0 Å². The zero-order valence-corrected chi connectivity index (χ0v) is 15.6. The Morgan fingerprint density at radius 3 is 2.54 bits per heavy atom. The molecule has 8 heteroatoms. The maximum atomic E-state index is 13.2. The van der Waals surface area contributed by atoms with Crippen LogP contribution >= 0.6 is 0 Å². The summed E-state index contributed by atoms with van der Waals surface area (Å²) in [6, 6.07) is 9.46. The summed E-state index contributed by atoms with van der Waals surface area (Å²) < 4.78 is 1.59. The average molecular weight is 373 g/mol. The van der Waals surface area contributed by atoms with Gasteiger partial charge in [0.2, 0.25) is 5.82 Å². The monoisotopic (exact) mass is 373 g/mol. The largest absolute Gasteiger partial charge is 0.327 e. The van der Waals surface area contributed by atoms with Gasteiger partial charge in [-0.3, -0.25) is 14.8 Å². The van der Waals surface area contributed by atoms with E-state index in [-0.39, 0.29) is 11.7 Å². The minimum atomic E-state index is -0.261. The highest BCUT2D eigenvalue weighted by molar-refractivity contribution is 5.90. The van der Waals surface area contributed by atoms with Gasteiger partial charge in [-0.15, -0.1) is 5.10 Å². The number of carbonyl (C=O) groups excluding carboxylic acids is 1. The van der Waals surface area contributed by atoms with Crippen LogP contribution in [-0.2, 0) is 13.1 Å². The van der Waals surface area contributed by atoms with E-state index < -0.39 is 0 Å². The summed E-state index contributed by atoms with van der Waals surface area (Å²) in [6.07, 6.45) is 6.88. The predicted molar refractivity (Wildman–Crippen MR) is 102 cm³/mol. The summed E-state index contributed by atoms with van der Waals surface area (Å²) in [5, 5.41) is 4.38. The molecular formula is C20H19N7O. The minimum Gasteiger partial charge on any atom is -0.327 e. The summed E-state index contributed by atoms with van der Waals surface area (Å²) in [6.45, 7) is 4.61. The molecule has 8 nitrogen and oxygen atoms in total. The van der Waals surface area contributed by atoms with Crippen LogP contribution in [0, 0.1) is 13.8 Å². The molecule has 0 aliphatic carbocycles. The maximum absolute atomic E-state index is 13.2. The van der Waals surface area contributed by atoms with Crippen molar-refractivity contribution in [1.82, 2.24) is 34.4 Å². The molecule has 4 heterocycles. The van der Waals surface area contributed by atoms with Gasteiger partial charge in [-0.25, -0.2) is 9.50 Å². The van der Waals surface area contributed by atoms with E-state index in [1.807, 2.05) is 44.2 Å². The molecule has 0 unspecified atom stereocenters. The van der Waals surface area contributed by atoms with Crippen molar-refractivity contribution in [2.75, 3.05) is 0 Å². The maximum Gasteiger partial charge on any atom is 0.294 e. The highest BCUT2D eigenvalue weighted by atomic mass is 16.2. The molecule has 0 saturated heterocycles. The van der Waals surface area contributed by atoms with Gasteiger partial charge in [-0.05, 0) is 49.2 Å². The average Bonchev–Trinajstić information content (AvgIpc) is 3.13. The molecule has 1 amide bonds. The molecule has 4 aromatic heterocycles.